The maximum Gasteiger partial charge on any atom is 0.126 e. The van der Waals surface area contributed by atoms with Crippen molar-refractivity contribution in [2.24, 2.45) is 7.05 Å². The van der Waals surface area contributed by atoms with Crippen molar-refractivity contribution in [1.29, 1.82) is 0 Å². The Morgan fingerprint density at radius 1 is 1.41 bits per heavy atom. The molecular formula is C12H15N3O2. The molecule has 0 bridgehead atoms. The molecule has 0 radical (unpaired) electrons. The van der Waals surface area contributed by atoms with Gasteiger partial charge in [0, 0.05) is 12.6 Å². The normalized spacial score (nSPS) is 12.5. The number of aromatic nitrogens is 3. The number of benzene rings is 1. The molecule has 0 aliphatic heterocycles. The van der Waals surface area contributed by atoms with E-state index in [-0.39, 0.29) is 0 Å². The fraction of sp³-hybridized carbons (Fsp3) is 0.333. The van der Waals surface area contributed by atoms with Crippen LogP contribution in [0.15, 0.2) is 24.4 Å². The van der Waals surface area contributed by atoms with Crippen LogP contribution < -0.4 is 4.74 Å². The summed E-state index contributed by atoms with van der Waals surface area (Å²) >= 11 is 0. The summed E-state index contributed by atoms with van der Waals surface area (Å²) in [4.78, 5) is 0. The van der Waals surface area contributed by atoms with Crippen LogP contribution in [0.5, 0.6) is 5.75 Å². The van der Waals surface area contributed by atoms with E-state index >= 15 is 0 Å². The average molecular weight is 233 g/mol. The molecule has 0 saturated carbocycles. The fourth-order valence-corrected chi connectivity index (χ4v) is 1.77. The third-order valence-corrected chi connectivity index (χ3v) is 2.71. The van der Waals surface area contributed by atoms with E-state index in [1.165, 1.54) is 0 Å². The number of aryl methyl sites for hydroxylation is 2. The lowest BCUT2D eigenvalue weighted by Gasteiger charge is -2.15. The Bertz CT molecular complexity index is 522. The van der Waals surface area contributed by atoms with Gasteiger partial charge in [-0.25, -0.2) is 4.68 Å². The number of hydrogen-bond donors (Lipinski definition) is 1. The first-order chi connectivity index (χ1) is 8.13. The Balaban J connectivity index is 2.46. The van der Waals surface area contributed by atoms with E-state index in [4.69, 9.17) is 4.74 Å². The van der Waals surface area contributed by atoms with Gasteiger partial charge in [0.2, 0.25) is 0 Å². The van der Waals surface area contributed by atoms with Gasteiger partial charge in [-0.2, -0.15) is 0 Å². The Labute approximate surface area is 99.7 Å². The first kappa shape index (κ1) is 11.6. The Hall–Kier alpha value is -1.88. The van der Waals surface area contributed by atoms with Crippen molar-refractivity contribution in [2.45, 2.75) is 13.0 Å². The quantitative estimate of drug-likeness (QED) is 0.865. The second-order valence-corrected chi connectivity index (χ2v) is 3.93. The summed E-state index contributed by atoms with van der Waals surface area (Å²) in [6.45, 7) is 1.97. The molecule has 1 atom stereocenters. The molecule has 5 heteroatoms. The Kier molecular flexibility index (Phi) is 3.10. The number of methoxy groups -OCH3 is 1. The molecule has 0 fully saturated rings. The lowest BCUT2D eigenvalue weighted by atomic mass is 10.0. The molecule has 0 spiro atoms. The van der Waals surface area contributed by atoms with Gasteiger partial charge in [-0.05, 0) is 19.1 Å². The van der Waals surface area contributed by atoms with Crippen LogP contribution in [-0.4, -0.2) is 27.2 Å². The zero-order valence-electron chi connectivity index (χ0n) is 10.1. The molecule has 1 unspecified atom stereocenters. The zero-order valence-corrected chi connectivity index (χ0v) is 10.1. The topological polar surface area (TPSA) is 60.2 Å². The smallest absolute Gasteiger partial charge is 0.126 e. The summed E-state index contributed by atoms with van der Waals surface area (Å²) in [5, 5.41) is 17.9. The van der Waals surface area contributed by atoms with Crippen LogP contribution in [0.2, 0.25) is 0 Å². The highest BCUT2D eigenvalue weighted by Gasteiger charge is 2.18. The molecule has 1 heterocycles. The molecule has 0 saturated heterocycles. The van der Waals surface area contributed by atoms with Gasteiger partial charge in [-0.1, -0.05) is 16.8 Å². The summed E-state index contributed by atoms with van der Waals surface area (Å²) in [6, 6.07) is 5.69. The summed E-state index contributed by atoms with van der Waals surface area (Å²) in [5.74, 6) is 0.657. The number of aliphatic hydroxyl groups excluding tert-OH is 1. The third-order valence-electron chi connectivity index (χ3n) is 2.71. The van der Waals surface area contributed by atoms with Crippen molar-refractivity contribution in [3.63, 3.8) is 0 Å². The zero-order chi connectivity index (χ0) is 12.4. The number of rotatable bonds is 3. The molecule has 0 aliphatic carbocycles. The van der Waals surface area contributed by atoms with Gasteiger partial charge in [0.1, 0.15) is 11.9 Å². The van der Waals surface area contributed by atoms with E-state index in [1.54, 1.807) is 25.0 Å². The van der Waals surface area contributed by atoms with Gasteiger partial charge in [0.25, 0.3) is 0 Å². The van der Waals surface area contributed by atoms with Crippen LogP contribution >= 0.6 is 0 Å². The van der Waals surface area contributed by atoms with Crippen LogP contribution in [-0.2, 0) is 7.05 Å². The van der Waals surface area contributed by atoms with Gasteiger partial charge in [0.15, 0.2) is 0 Å². The van der Waals surface area contributed by atoms with Crippen LogP contribution in [0.4, 0.5) is 0 Å². The summed E-state index contributed by atoms with van der Waals surface area (Å²) in [5.41, 5.74) is 2.42. The molecule has 1 aromatic heterocycles. The van der Waals surface area contributed by atoms with Crippen molar-refractivity contribution < 1.29 is 9.84 Å². The molecule has 90 valence electrons. The largest absolute Gasteiger partial charge is 0.496 e. The van der Waals surface area contributed by atoms with Crippen molar-refractivity contribution in [3.05, 3.63) is 41.2 Å². The summed E-state index contributed by atoms with van der Waals surface area (Å²) in [7, 11) is 3.33. The summed E-state index contributed by atoms with van der Waals surface area (Å²) < 4.78 is 6.80. The van der Waals surface area contributed by atoms with E-state index in [0.717, 1.165) is 11.1 Å². The number of hydrogen-bond acceptors (Lipinski definition) is 4. The SMILES string of the molecule is COc1ccc(C)cc1C(O)c1cnnn1C. The van der Waals surface area contributed by atoms with Crippen molar-refractivity contribution in [1.82, 2.24) is 15.0 Å². The number of aliphatic hydroxyl groups is 1. The highest BCUT2D eigenvalue weighted by atomic mass is 16.5. The van der Waals surface area contributed by atoms with Crippen LogP contribution in [0.1, 0.15) is 22.9 Å². The lowest BCUT2D eigenvalue weighted by molar-refractivity contribution is 0.204. The highest BCUT2D eigenvalue weighted by molar-refractivity contribution is 5.41. The van der Waals surface area contributed by atoms with Crippen LogP contribution in [0.3, 0.4) is 0 Å². The molecule has 0 aliphatic rings. The fourth-order valence-electron chi connectivity index (χ4n) is 1.77. The predicted molar refractivity (Wildman–Crippen MR) is 62.8 cm³/mol. The Morgan fingerprint density at radius 3 is 2.76 bits per heavy atom. The minimum atomic E-state index is -0.787. The van der Waals surface area contributed by atoms with E-state index in [1.807, 2.05) is 25.1 Å². The number of nitrogens with zero attached hydrogens (tertiary/aromatic N) is 3. The maximum atomic E-state index is 10.3. The second kappa shape index (κ2) is 4.55. The molecule has 1 aromatic carbocycles. The van der Waals surface area contributed by atoms with Gasteiger partial charge < -0.3 is 9.84 Å². The average Bonchev–Trinajstić information content (AvgIpc) is 2.74. The van der Waals surface area contributed by atoms with Crippen LogP contribution in [0, 0.1) is 6.92 Å². The molecule has 1 N–H and O–H groups in total. The molecule has 2 rings (SSSR count). The van der Waals surface area contributed by atoms with Gasteiger partial charge in [-0.3, -0.25) is 0 Å². The van der Waals surface area contributed by atoms with Gasteiger partial charge >= 0.3 is 0 Å². The predicted octanol–water partition coefficient (Wildman–Crippen LogP) is 1.21. The van der Waals surface area contributed by atoms with Gasteiger partial charge in [0.05, 0.1) is 19.0 Å². The van der Waals surface area contributed by atoms with E-state index < -0.39 is 6.10 Å². The molecule has 5 nitrogen and oxygen atoms in total. The van der Waals surface area contributed by atoms with E-state index in [0.29, 0.717) is 11.4 Å². The third kappa shape index (κ3) is 2.14. The van der Waals surface area contributed by atoms with Gasteiger partial charge in [-0.15, -0.1) is 5.10 Å². The number of ether oxygens (including phenoxy) is 1. The standard InChI is InChI=1S/C12H15N3O2/c1-8-4-5-11(17-3)9(6-8)12(16)10-7-13-14-15(10)2/h4-7,12,16H,1-3H3. The van der Waals surface area contributed by atoms with Crippen molar-refractivity contribution >= 4 is 0 Å². The van der Waals surface area contributed by atoms with Crippen LogP contribution in [0.25, 0.3) is 0 Å². The first-order valence-corrected chi connectivity index (χ1v) is 5.30. The monoisotopic (exact) mass is 233 g/mol. The maximum absolute atomic E-state index is 10.3. The molecule has 2 aromatic rings. The highest BCUT2D eigenvalue weighted by Crippen LogP contribution is 2.29. The molecule has 17 heavy (non-hydrogen) atoms. The van der Waals surface area contributed by atoms with Crippen molar-refractivity contribution in [3.8, 4) is 5.75 Å². The summed E-state index contributed by atoms with van der Waals surface area (Å²) in [6.07, 6.45) is 0.761. The van der Waals surface area contributed by atoms with E-state index in [9.17, 15) is 5.11 Å². The minimum absolute atomic E-state index is 0.633. The molecular weight excluding hydrogens is 218 g/mol. The molecule has 0 amide bonds. The van der Waals surface area contributed by atoms with Crippen molar-refractivity contribution in [2.75, 3.05) is 7.11 Å². The second-order valence-electron chi connectivity index (χ2n) is 3.93. The minimum Gasteiger partial charge on any atom is -0.496 e. The Morgan fingerprint density at radius 2 is 2.18 bits per heavy atom. The first-order valence-electron chi connectivity index (χ1n) is 5.30. The van der Waals surface area contributed by atoms with E-state index in [2.05, 4.69) is 10.3 Å². The lowest BCUT2D eigenvalue weighted by Crippen LogP contribution is -2.08.